The quantitative estimate of drug-likeness (QED) is 0.679. The third-order valence-electron chi connectivity index (χ3n) is 5.16. The van der Waals surface area contributed by atoms with Gasteiger partial charge in [0, 0.05) is 5.92 Å². The Morgan fingerprint density at radius 1 is 1.00 bits per heavy atom. The number of carboxylic acid groups (broad SMARTS) is 1. The minimum Gasteiger partial charge on any atom is -0.480 e. The van der Waals surface area contributed by atoms with Crippen LogP contribution in [0.2, 0.25) is 0 Å². The molecule has 1 unspecified atom stereocenters. The highest BCUT2D eigenvalue weighted by Gasteiger charge is 2.33. The molecule has 2 aromatic rings. The van der Waals surface area contributed by atoms with Crippen LogP contribution in [0.4, 0.5) is 4.79 Å². The standard InChI is InChI=1S/C23H26N2O5/c1-23(2,3)20(21(27)28)25-19(26)12-24-22(29)30-13-18-16-10-6-4-8-14(16)15-9-5-7-11-17(15)18/h4-11,18,20H,12-13H2,1-3H3,(H,24,29)(H,25,26)(H,27,28). The fourth-order valence-corrected chi connectivity index (χ4v) is 3.66. The van der Waals surface area contributed by atoms with Crippen LogP contribution in [-0.2, 0) is 14.3 Å². The van der Waals surface area contributed by atoms with Crippen LogP contribution in [-0.4, -0.2) is 42.3 Å². The monoisotopic (exact) mass is 410 g/mol. The highest BCUT2D eigenvalue weighted by molar-refractivity contribution is 5.87. The second-order valence-corrected chi connectivity index (χ2v) is 8.38. The summed E-state index contributed by atoms with van der Waals surface area (Å²) in [5.74, 6) is -1.79. The van der Waals surface area contributed by atoms with E-state index in [1.165, 1.54) is 0 Å². The van der Waals surface area contributed by atoms with Gasteiger partial charge in [0.2, 0.25) is 5.91 Å². The Bertz CT molecular complexity index is 919. The summed E-state index contributed by atoms with van der Waals surface area (Å²) in [7, 11) is 0. The summed E-state index contributed by atoms with van der Waals surface area (Å²) in [4.78, 5) is 35.5. The molecule has 0 radical (unpaired) electrons. The molecule has 0 spiro atoms. The predicted molar refractivity (Wildman–Crippen MR) is 112 cm³/mol. The van der Waals surface area contributed by atoms with Crippen molar-refractivity contribution in [2.45, 2.75) is 32.7 Å². The predicted octanol–water partition coefficient (Wildman–Crippen LogP) is 3.14. The summed E-state index contributed by atoms with van der Waals surface area (Å²) in [6.07, 6.45) is -0.727. The Labute approximate surface area is 175 Å². The van der Waals surface area contributed by atoms with Gasteiger partial charge in [0.1, 0.15) is 19.2 Å². The SMILES string of the molecule is CC(C)(C)C(NC(=O)CNC(=O)OCC1c2ccccc2-c2ccccc21)C(=O)O. The van der Waals surface area contributed by atoms with E-state index in [0.717, 1.165) is 22.3 Å². The zero-order valence-corrected chi connectivity index (χ0v) is 17.3. The molecule has 1 aliphatic rings. The first kappa shape index (κ1) is 21.4. The zero-order valence-electron chi connectivity index (χ0n) is 17.3. The minimum atomic E-state index is -1.13. The molecule has 1 aliphatic carbocycles. The molecule has 7 nitrogen and oxygen atoms in total. The van der Waals surface area contributed by atoms with E-state index >= 15 is 0 Å². The normalized spacial score (nSPS) is 13.7. The van der Waals surface area contributed by atoms with Crippen molar-refractivity contribution in [3.63, 3.8) is 0 Å². The van der Waals surface area contributed by atoms with Gasteiger partial charge in [-0.05, 0) is 27.7 Å². The Morgan fingerprint density at radius 2 is 1.53 bits per heavy atom. The molecule has 0 aliphatic heterocycles. The number of alkyl carbamates (subject to hydrolysis) is 1. The van der Waals surface area contributed by atoms with Gasteiger partial charge in [-0.1, -0.05) is 69.3 Å². The highest BCUT2D eigenvalue weighted by atomic mass is 16.5. The molecule has 0 bridgehead atoms. The van der Waals surface area contributed by atoms with Gasteiger partial charge in [-0.25, -0.2) is 9.59 Å². The highest BCUT2D eigenvalue weighted by Crippen LogP contribution is 2.44. The molecule has 2 aromatic carbocycles. The van der Waals surface area contributed by atoms with Gasteiger partial charge < -0.3 is 20.5 Å². The van der Waals surface area contributed by atoms with Gasteiger partial charge >= 0.3 is 12.1 Å². The van der Waals surface area contributed by atoms with Gasteiger partial charge in [-0.15, -0.1) is 0 Å². The van der Waals surface area contributed by atoms with E-state index in [9.17, 15) is 19.5 Å². The van der Waals surface area contributed by atoms with Gasteiger partial charge in [0.05, 0.1) is 0 Å². The third kappa shape index (κ3) is 4.62. The smallest absolute Gasteiger partial charge is 0.407 e. The Balaban J connectivity index is 1.55. The Hall–Kier alpha value is -3.35. The van der Waals surface area contributed by atoms with Crippen molar-refractivity contribution >= 4 is 18.0 Å². The van der Waals surface area contributed by atoms with Crippen molar-refractivity contribution in [3.8, 4) is 11.1 Å². The van der Waals surface area contributed by atoms with E-state index in [2.05, 4.69) is 10.6 Å². The minimum absolute atomic E-state index is 0.0748. The van der Waals surface area contributed by atoms with Crippen molar-refractivity contribution in [2.24, 2.45) is 5.41 Å². The maximum Gasteiger partial charge on any atom is 0.407 e. The summed E-state index contributed by atoms with van der Waals surface area (Å²) < 4.78 is 5.36. The number of rotatable bonds is 6. The van der Waals surface area contributed by atoms with Gasteiger partial charge in [-0.3, -0.25) is 4.79 Å². The summed E-state index contributed by atoms with van der Waals surface area (Å²) >= 11 is 0. The summed E-state index contributed by atoms with van der Waals surface area (Å²) in [6.45, 7) is 4.92. The molecule has 7 heteroatoms. The molecule has 0 fully saturated rings. The molecule has 0 saturated carbocycles. The number of hydrogen-bond acceptors (Lipinski definition) is 4. The van der Waals surface area contributed by atoms with Crippen LogP contribution in [0.15, 0.2) is 48.5 Å². The zero-order chi connectivity index (χ0) is 21.9. The number of carboxylic acids is 1. The fraction of sp³-hybridized carbons (Fsp3) is 0.348. The third-order valence-corrected chi connectivity index (χ3v) is 5.16. The van der Waals surface area contributed by atoms with E-state index < -0.39 is 29.4 Å². The molecule has 0 saturated heterocycles. The first-order valence-electron chi connectivity index (χ1n) is 9.79. The lowest BCUT2D eigenvalue weighted by Crippen LogP contribution is -2.51. The first-order chi connectivity index (χ1) is 14.2. The van der Waals surface area contributed by atoms with E-state index in [1.54, 1.807) is 20.8 Å². The van der Waals surface area contributed by atoms with Crippen molar-refractivity contribution in [1.29, 1.82) is 0 Å². The maximum atomic E-state index is 12.1. The van der Waals surface area contributed by atoms with Crippen LogP contribution in [0, 0.1) is 5.41 Å². The molecular formula is C23H26N2O5. The number of benzene rings is 2. The number of carbonyl (C=O) groups is 3. The molecular weight excluding hydrogens is 384 g/mol. The van der Waals surface area contributed by atoms with Crippen LogP contribution in [0.25, 0.3) is 11.1 Å². The molecule has 30 heavy (non-hydrogen) atoms. The van der Waals surface area contributed by atoms with E-state index in [4.69, 9.17) is 4.74 Å². The number of ether oxygens (including phenoxy) is 1. The second-order valence-electron chi connectivity index (χ2n) is 8.38. The Kier molecular flexibility index (Phi) is 6.10. The number of fused-ring (bicyclic) bond motifs is 3. The van der Waals surface area contributed by atoms with Crippen LogP contribution in [0.3, 0.4) is 0 Å². The summed E-state index contributed by atoms with van der Waals surface area (Å²) in [5, 5.41) is 14.1. The summed E-state index contributed by atoms with van der Waals surface area (Å²) in [6, 6.07) is 14.9. The van der Waals surface area contributed by atoms with Crippen LogP contribution in [0.1, 0.15) is 37.8 Å². The maximum absolute atomic E-state index is 12.1. The van der Waals surface area contributed by atoms with E-state index in [1.807, 2.05) is 48.5 Å². The van der Waals surface area contributed by atoms with E-state index in [0.29, 0.717) is 0 Å². The van der Waals surface area contributed by atoms with E-state index in [-0.39, 0.29) is 19.1 Å². The largest absolute Gasteiger partial charge is 0.480 e. The number of carbonyl (C=O) groups excluding carboxylic acids is 2. The van der Waals surface area contributed by atoms with Crippen LogP contribution in [0.5, 0.6) is 0 Å². The number of hydrogen-bond donors (Lipinski definition) is 3. The molecule has 158 valence electrons. The van der Waals surface area contributed by atoms with Gasteiger partial charge in [0.25, 0.3) is 0 Å². The lowest BCUT2D eigenvalue weighted by Gasteiger charge is -2.27. The first-order valence-corrected chi connectivity index (χ1v) is 9.79. The lowest BCUT2D eigenvalue weighted by molar-refractivity contribution is -0.144. The summed E-state index contributed by atoms with van der Waals surface area (Å²) in [5.41, 5.74) is 3.79. The number of aliphatic carboxylic acids is 1. The fourth-order valence-electron chi connectivity index (χ4n) is 3.66. The Morgan fingerprint density at radius 3 is 2.03 bits per heavy atom. The van der Waals surface area contributed by atoms with Gasteiger partial charge in [-0.2, -0.15) is 0 Å². The molecule has 3 N–H and O–H groups in total. The number of amides is 2. The molecule has 2 amide bonds. The molecule has 0 aromatic heterocycles. The van der Waals surface area contributed by atoms with Gasteiger partial charge in [0.15, 0.2) is 0 Å². The molecule has 3 rings (SSSR count). The second kappa shape index (κ2) is 8.57. The van der Waals surface area contributed by atoms with Crippen molar-refractivity contribution in [1.82, 2.24) is 10.6 Å². The average molecular weight is 410 g/mol. The lowest BCUT2D eigenvalue weighted by atomic mass is 9.87. The average Bonchev–Trinajstić information content (AvgIpc) is 3.01. The number of nitrogens with one attached hydrogen (secondary N) is 2. The van der Waals surface area contributed by atoms with Crippen LogP contribution >= 0.6 is 0 Å². The molecule has 0 heterocycles. The molecule has 1 atom stereocenters. The topological polar surface area (TPSA) is 105 Å². The van der Waals surface area contributed by atoms with Crippen molar-refractivity contribution in [2.75, 3.05) is 13.2 Å². The van der Waals surface area contributed by atoms with Crippen LogP contribution < -0.4 is 10.6 Å². The van der Waals surface area contributed by atoms with Crippen molar-refractivity contribution in [3.05, 3.63) is 59.7 Å². The van der Waals surface area contributed by atoms with Crippen molar-refractivity contribution < 1.29 is 24.2 Å².